The summed E-state index contributed by atoms with van der Waals surface area (Å²) in [4.78, 5) is 0. The van der Waals surface area contributed by atoms with E-state index in [2.05, 4.69) is 23.5 Å². The van der Waals surface area contributed by atoms with Crippen LogP contribution in [0.2, 0.25) is 5.02 Å². The standard InChI is InChI=1S/C16H24ClN.ClH/c1-13-9-10-14(11-16(13)17)12-18-15-7-5-3-2-4-6-8-15;/h9-11,15,18H,2-8,12H2,1H3;1H. The van der Waals surface area contributed by atoms with Crippen LogP contribution in [0.1, 0.15) is 56.1 Å². The molecule has 1 nitrogen and oxygen atoms in total. The monoisotopic (exact) mass is 301 g/mol. The molecule has 108 valence electrons. The van der Waals surface area contributed by atoms with Crippen molar-refractivity contribution in [3.63, 3.8) is 0 Å². The van der Waals surface area contributed by atoms with Gasteiger partial charge in [-0.1, -0.05) is 55.8 Å². The van der Waals surface area contributed by atoms with Crippen molar-refractivity contribution >= 4 is 24.0 Å². The zero-order valence-corrected chi connectivity index (χ0v) is 13.3. The second-order valence-corrected chi connectivity index (χ2v) is 5.91. The quantitative estimate of drug-likeness (QED) is 0.801. The molecule has 1 fully saturated rings. The molecule has 1 aliphatic carbocycles. The van der Waals surface area contributed by atoms with Crippen molar-refractivity contribution in [2.24, 2.45) is 0 Å². The van der Waals surface area contributed by atoms with E-state index in [1.807, 2.05) is 6.92 Å². The fourth-order valence-electron chi connectivity index (χ4n) is 2.67. The summed E-state index contributed by atoms with van der Waals surface area (Å²) in [5, 5.41) is 4.58. The lowest BCUT2D eigenvalue weighted by molar-refractivity contribution is 0.389. The average Bonchev–Trinajstić information content (AvgIpc) is 2.32. The molecule has 1 aliphatic rings. The Bertz CT molecular complexity index is 371. The third-order valence-corrected chi connectivity index (χ3v) is 4.34. The van der Waals surface area contributed by atoms with Crippen LogP contribution in [0.4, 0.5) is 0 Å². The van der Waals surface area contributed by atoms with Crippen LogP contribution in [0.3, 0.4) is 0 Å². The Kier molecular flexibility index (Phi) is 7.82. The maximum absolute atomic E-state index is 6.16. The molecule has 0 spiro atoms. The van der Waals surface area contributed by atoms with Crippen LogP contribution in [-0.2, 0) is 6.54 Å². The average molecular weight is 302 g/mol. The van der Waals surface area contributed by atoms with Gasteiger partial charge in [-0.3, -0.25) is 0 Å². The number of benzene rings is 1. The first-order valence-corrected chi connectivity index (χ1v) is 7.62. The second-order valence-electron chi connectivity index (χ2n) is 5.51. The first-order valence-electron chi connectivity index (χ1n) is 7.24. The third-order valence-electron chi connectivity index (χ3n) is 3.94. The maximum Gasteiger partial charge on any atom is 0.0438 e. The molecule has 1 N–H and O–H groups in total. The van der Waals surface area contributed by atoms with E-state index in [-0.39, 0.29) is 12.4 Å². The van der Waals surface area contributed by atoms with Crippen LogP contribution in [0.25, 0.3) is 0 Å². The molecule has 2 rings (SSSR count). The van der Waals surface area contributed by atoms with Crippen molar-refractivity contribution < 1.29 is 0 Å². The van der Waals surface area contributed by atoms with E-state index in [0.29, 0.717) is 6.04 Å². The van der Waals surface area contributed by atoms with Crippen molar-refractivity contribution in [2.75, 3.05) is 0 Å². The first-order chi connectivity index (χ1) is 8.75. The lowest BCUT2D eigenvalue weighted by Crippen LogP contribution is -2.29. The molecule has 0 unspecified atom stereocenters. The van der Waals surface area contributed by atoms with Crippen LogP contribution in [0, 0.1) is 6.92 Å². The van der Waals surface area contributed by atoms with Gasteiger partial charge in [0.25, 0.3) is 0 Å². The molecular formula is C16H25Cl2N. The molecule has 0 aromatic heterocycles. The fraction of sp³-hybridized carbons (Fsp3) is 0.625. The molecule has 1 saturated carbocycles. The predicted octanol–water partition coefficient (Wildman–Crippen LogP) is 5.27. The van der Waals surface area contributed by atoms with Gasteiger partial charge in [-0.15, -0.1) is 12.4 Å². The molecule has 0 radical (unpaired) electrons. The van der Waals surface area contributed by atoms with Gasteiger partial charge in [0.1, 0.15) is 0 Å². The summed E-state index contributed by atoms with van der Waals surface area (Å²) in [6, 6.07) is 7.08. The Labute approximate surface area is 128 Å². The SMILES string of the molecule is Cc1ccc(CNC2CCCCCCC2)cc1Cl.Cl. The predicted molar refractivity (Wildman–Crippen MR) is 86.4 cm³/mol. The van der Waals surface area contributed by atoms with Crippen LogP contribution in [-0.4, -0.2) is 6.04 Å². The summed E-state index contributed by atoms with van der Waals surface area (Å²) < 4.78 is 0. The molecule has 3 heteroatoms. The van der Waals surface area contributed by atoms with E-state index in [1.54, 1.807) is 0 Å². The minimum Gasteiger partial charge on any atom is -0.310 e. The van der Waals surface area contributed by atoms with E-state index in [0.717, 1.165) is 17.1 Å². The molecule has 0 atom stereocenters. The Balaban J connectivity index is 0.00000180. The lowest BCUT2D eigenvalue weighted by Gasteiger charge is -2.21. The molecule has 0 bridgehead atoms. The van der Waals surface area contributed by atoms with Gasteiger partial charge in [0, 0.05) is 17.6 Å². The molecular weight excluding hydrogens is 277 g/mol. The van der Waals surface area contributed by atoms with Crippen LogP contribution in [0.15, 0.2) is 18.2 Å². The molecule has 0 saturated heterocycles. The summed E-state index contributed by atoms with van der Waals surface area (Å²) in [5.41, 5.74) is 2.46. The number of hydrogen-bond donors (Lipinski definition) is 1. The van der Waals surface area contributed by atoms with E-state index in [9.17, 15) is 0 Å². The van der Waals surface area contributed by atoms with E-state index < -0.39 is 0 Å². The molecule has 0 heterocycles. The summed E-state index contributed by atoms with van der Waals surface area (Å²) in [6.45, 7) is 3.00. The fourth-order valence-corrected chi connectivity index (χ4v) is 2.87. The van der Waals surface area contributed by atoms with E-state index in [1.165, 1.54) is 50.5 Å². The zero-order chi connectivity index (χ0) is 12.8. The maximum atomic E-state index is 6.16. The van der Waals surface area contributed by atoms with Crippen molar-refractivity contribution in [1.82, 2.24) is 5.32 Å². The number of hydrogen-bond acceptors (Lipinski definition) is 1. The Morgan fingerprint density at radius 2 is 1.74 bits per heavy atom. The molecule has 0 aliphatic heterocycles. The molecule has 1 aromatic rings. The molecule has 19 heavy (non-hydrogen) atoms. The number of rotatable bonds is 3. The van der Waals surface area contributed by atoms with Crippen LogP contribution >= 0.6 is 24.0 Å². The third kappa shape index (κ3) is 5.72. The number of halogens is 2. The Morgan fingerprint density at radius 1 is 1.11 bits per heavy atom. The van der Waals surface area contributed by atoms with Gasteiger partial charge in [0.05, 0.1) is 0 Å². The van der Waals surface area contributed by atoms with E-state index in [4.69, 9.17) is 11.6 Å². The van der Waals surface area contributed by atoms with Gasteiger partial charge in [-0.25, -0.2) is 0 Å². The first kappa shape index (κ1) is 16.8. The summed E-state index contributed by atoms with van der Waals surface area (Å²) in [6.07, 6.45) is 9.68. The Morgan fingerprint density at radius 3 is 2.37 bits per heavy atom. The van der Waals surface area contributed by atoms with E-state index >= 15 is 0 Å². The van der Waals surface area contributed by atoms with Gasteiger partial charge in [0.15, 0.2) is 0 Å². The van der Waals surface area contributed by atoms with Crippen molar-refractivity contribution in [1.29, 1.82) is 0 Å². The summed E-state index contributed by atoms with van der Waals surface area (Å²) >= 11 is 6.16. The topological polar surface area (TPSA) is 12.0 Å². The number of aryl methyl sites for hydroxylation is 1. The van der Waals surface area contributed by atoms with Gasteiger partial charge >= 0.3 is 0 Å². The normalized spacial score (nSPS) is 17.4. The Hall–Kier alpha value is -0.240. The van der Waals surface area contributed by atoms with Gasteiger partial charge in [0.2, 0.25) is 0 Å². The number of nitrogens with one attached hydrogen (secondary N) is 1. The van der Waals surface area contributed by atoms with Crippen LogP contribution in [0.5, 0.6) is 0 Å². The summed E-state index contributed by atoms with van der Waals surface area (Å²) in [5.74, 6) is 0. The highest BCUT2D eigenvalue weighted by Crippen LogP contribution is 2.19. The van der Waals surface area contributed by atoms with Gasteiger partial charge in [-0.05, 0) is 37.0 Å². The van der Waals surface area contributed by atoms with Crippen molar-refractivity contribution in [3.05, 3.63) is 34.3 Å². The zero-order valence-electron chi connectivity index (χ0n) is 11.8. The lowest BCUT2D eigenvalue weighted by atomic mass is 9.96. The molecule has 1 aromatic carbocycles. The highest BCUT2D eigenvalue weighted by atomic mass is 35.5. The highest BCUT2D eigenvalue weighted by Gasteiger charge is 2.10. The highest BCUT2D eigenvalue weighted by molar-refractivity contribution is 6.31. The van der Waals surface area contributed by atoms with Gasteiger partial charge in [-0.2, -0.15) is 0 Å². The van der Waals surface area contributed by atoms with Crippen LogP contribution < -0.4 is 5.32 Å². The smallest absolute Gasteiger partial charge is 0.0438 e. The minimum absolute atomic E-state index is 0. The second kappa shape index (κ2) is 8.84. The van der Waals surface area contributed by atoms with Crippen molar-refractivity contribution in [3.8, 4) is 0 Å². The minimum atomic E-state index is 0. The van der Waals surface area contributed by atoms with Gasteiger partial charge < -0.3 is 5.32 Å². The largest absolute Gasteiger partial charge is 0.310 e. The summed E-state index contributed by atoms with van der Waals surface area (Å²) in [7, 11) is 0. The van der Waals surface area contributed by atoms with Crippen molar-refractivity contribution in [2.45, 2.75) is 64.5 Å². The molecule has 0 amide bonds.